The van der Waals surface area contributed by atoms with Gasteiger partial charge in [-0.2, -0.15) is 0 Å². The van der Waals surface area contributed by atoms with Crippen molar-refractivity contribution >= 4 is 30.0 Å². The highest BCUT2D eigenvalue weighted by molar-refractivity contribution is 7.80. The Hall–Kier alpha value is -1.75. The largest absolute Gasteiger partial charge is 0.464 e. The van der Waals surface area contributed by atoms with Crippen LogP contribution in [0.1, 0.15) is 10.9 Å². The lowest BCUT2D eigenvalue weighted by Gasteiger charge is -2.08. The molecule has 0 bridgehead atoms. The number of hydrogen-bond donors (Lipinski definition) is 2. The first-order chi connectivity index (χ1) is 7.74. The minimum atomic E-state index is -0.654. The molecule has 82 valence electrons. The van der Waals surface area contributed by atoms with Crippen LogP contribution in [0.5, 0.6) is 0 Å². The molecular weight excluding hydrogens is 226 g/mol. The van der Waals surface area contributed by atoms with Crippen molar-refractivity contribution in [2.24, 2.45) is 0 Å². The van der Waals surface area contributed by atoms with Gasteiger partial charge in [-0.05, 0) is 12.1 Å². The molecule has 1 amide bonds. The first kappa shape index (κ1) is 10.8. The minimum Gasteiger partial charge on any atom is -0.464 e. The minimum absolute atomic E-state index is 0.184. The monoisotopic (exact) mass is 235 g/mol. The normalized spacial score (nSPS) is 12.3. The molecule has 0 aliphatic heterocycles. The first-order valence-corrected chi connectivity index (χ1v) is 5.14. The van der Waals surface area contributed by atoms with Crippen molar-refractivity contribution in [3.63, 3.8) is 0 Å². The highest BCUT2D eigenvalue weighted by Crippen LogP contribution is 2.16. The molecule has 0 spiro atoms. The van der Waals surface area contributed by atoms with Gasteiger partial charge in [0.25, 0.3) is 0 Å². The van der Waals surface area contributed by atoms with Gasteiger partial charge in [-0.25, -0.2) is 0 Å². The van der Waals surface area contributed by atoms with Gasteiger partial charge in [0.1, 0.15) is 17.2 Å². The van der Waals surface area contributed by atoms with E-state index in [1.807, 2.05) is 0 Å². The summed E-state index contributed by atoms with van der Waals surface area (Å²) in [7, 11) is 0. The van der Waals surface area contributed by atoms with E-state index in [1.54, 1.807) is 24.3 Å². The van der Waals surface area contributed by atoms with Gasteiger partial charge >= 0.3 is 0 Å². The summed E-state index contributed by atoms with van der Waals surface area (Å²) in [6, 6.07) is 6.92. The maximum absolute atomic E-state index is 12.0. The Labute approximate surface area is 96.7 Å². The Balaban J connectivity index is 2.61. The third-order valence-corrected chi connectivity index (χ3v) is 2.65. The molecule has 0 radical (unpaired) electrons. The van der Waals surface area contributed by atoms with Crippen molar-refractivity contribution in [2.45, 2.75) is 5.37 Å². The topological polar surface area (TPSA) is 59.3 Å². The molecule has 1 atom stereocenters. The van der Waals surface area contributed by atoms with Gasteiger partial charge in [-0.3, -0.25) is 9.59 Å². The highest BCUT2D eigenvalue weighted by Gasteiger charge is 2.12. The predicted octanol–water partition coefficient (Wildman–Crippen LogP) is 1.47. The number of thiol groups is 1. The summed E-state index contributed by atoms with van der Waals surface area (Å²) < 4.78 is 5.29. The van der Waals surface area contributed by atoms with E-state index in [0.29, 0.717) is 22.9 Å². The molecule has 0 aliphatic rings. The summed E-state index contributed by atoms with van der Waals surface area (Å²) in [6.45, 7) is 0. The van der Waals surface area contributed by atoms with E-state index in [4.69, 9.17) is 4.42 Å². The predicted molar refractivity (Wildman–Crippen MR) is 63.4 cm³/mol. The molecule has 2 rings (SSSR count). The second kappa shape index (κ2) is 4.40. The molecule has 0 fully saturated rings. The smallest absolute Gasteiger partial charge is 0.208 e. The number of fused-ring (bicyclic) bond motifs is 1. The van der Waals surface area contributed by atoms with Gasteiger partial charge in [0.15, 0.2) is 5.43 Å². The summed E-state index contributed by atoms with van der Waals surface area (Å²) in [6.07, 6.45) is 1.81. The zero-order valence-corrected chi connectivity index (χ0v) is 9.11. The van der Waals surface area contributed by atoms with Crippen LogP contribution in [0, 0.1) is 0 Å². The second-order valence-corrected chi connectivity index (χ2v) is 3.72. The van der Waals surface area contributed by atoms with Crippen molar-refractivity contribution in [2.75, 3.05) is 0 Å². The van der Waals surface area contributed by atoms with Crippen LogP contribution in [0.25, 0.3) is 11.0 Å². The van der Waals surface area contributed by atoms with Crippen LogP contribution in [-0.4, -0.2) is 6.41 Å². The van der Waals surface area contributed by atoms with E-state index in [-0.39, 0.29) is 5.43 Å². The Morgan fingerprint density at radius 3 is 2.88 bits per heavy atom. The number of carbonyl (C=O) groups is 1. The van der Waals surface area contributed by atoms with Crippen LogP contribution < -0.4 is 10.7 Å². The first-order valence-electron chi connectivity index (χ1n) is 4.62. The Kier molecular flexibility index (Phi) is 2.96. The fourth-order valence-electron chi connectivity index (χ4n) is 1.44. The number of carbonyl (C=O) groups excluding carboxylic acids is 1. The van der Waals surface area contributed by atoms with E-state index in [0.717, 1.165) is 0 Å². The molecule has 0 aliphatic carbocycles. The summed E-state index contributed by atoms with van der Waals surface area (Å²) >= 11 is 4.09. The maximum atomic E-state index is 12.0. The summed E-state index contributed by atoms with van der Waals surface area (Å²) in [4.78, 5) is 22.3. The Morgan fingerprint density at radius 1 is 1.38 bits per heavy atom. The lowest BCUT2D eigenvalue weighted by atomic mass is 10.2. The molecule has 1 aromatic carbocycles. The summed E-state index contributed by atoms with van der Waals surface area (Å²) in [5.74, 6) is 0. The standard InChI is InChI=1S/C11H9NO3S/c13-6-12-11(16)8-5-15-9-4-2-1-3-7(9)10(8)14/h1-6,11,16H,(H,12,13). The maximum Gasteiger partial charge on any atom is 0.208 e. The number of rotatable bonds is 3. The third kappa shape index (κ3) is 1.81. The molecule has 0 saturated carbocycles. The lowest BCUT2D eigenvalue weighted by Crippen LogP contribution is -2.21. The van der Waals surface area contributed by atoms with Crippen molar-refractivity contribution in [3.8, 4) is 0 Å². The van der Waals surface area contributed by atoms with E-state index >= 15 is 0 Å². The molecule has 2 aromatic rings. The molecule has 5 heteroatoms. The van der Waals surface area contributed by atoms with Crippen molar-refractivity contribution in [1.82, 2.24) is 5.32 Å². The van der Waals surface area contributed by atoms with Crippen molar-refractivity contribution < 1.29 is 9.21 Å². The van der Waals surface area contributed by atoms with Crippen LogP contribution in [0.2, 0.25) is 0 Å². The number of benzene rings is 1. The number of nitrogens with one attached hydrogen (secondary N) is 1. The fourth-order valence-corrected chi connectivity index (χ4v) is 1.67. The van der Waals surface area contributed by atoms with Gasteiger partial charge in [0.05, 0.1) is 10.9 Å². The lowest BCUT2D eigenvalue weighted by molar-refractivity contribution is -0.109. The van der Waals surface area contributed by atoms with Crippen LogP contribution in [0.15, 0.2) is 39.7 Å². The third-order valence-electron chi connectivity index (χ3n) is 2.23. The van der Waals surface area contributed by atoms with E-state index in [1.165, 1.54) is 6.26 Å². The summed E-state index contributed by atoms with van der Waals surface area (Å²) in [5, 5.41) is 2.22. The molecule has 4 nitrogen and oxygen atoms in total. The Morgan fingerprint density at radius 2 is 2.12 bits per heavy atom. The average molecular weight is 235 g/mol. The zero-order valence-electron chi connectivity index (χ0n) is 8.21. The van der Waals surface area contributed by atoms with Gasteiger partial charge < -0.3 is 9.73 Å². The number of para-hydroxylation sites is 1. The van der Waals surface area contributed by atoms with E-state index < -0.39 is 5.37 Å². The zero-order chi connectivity index (χ0) is 11.5. The van der Waals surface area contributed by atoms with E-state index in [2.05, 4.69) is 17.9 Å². The van der Waals surface area contributed by atoms with Crippen LogP contribution >= 0.6 is 12.6 Å². The molecule has 0 saturated heterocycles. The van der Waals surface area contributed by atoms with E-state index in [9.17, 15) is 9.59 Å². The van der Waals surface area contributed by atoms with Gasteiger partial charge in [0.2, 0.25) is 6.41 Å². The SMILES string of the molecule is O=CNC(S)c1coc2ccccc2c1=O. The molecular formula is C11H9NO3S. The molecule has 1 aromatic heterocycles. The van der Waals surface area contributed by atoms with Crippen molar-refractivity contribution in [3.05, 3.63) is 46.3 Å². The second-order valence-electron chi connectivity index (χ2n) is 3.20. The molecule has 1 heterocycles. The van der Waals surface area contributed by atoms with Gasteiger partial charge in [-0.15, -0.1) is 12.6 Å². The fraction of sp³-hybridized carbons (Fsp3) is 0.0909. The average Bonchev–Trinajstić information content (AvgIpc) is 2.30. The molecule has 16 heavy (non-hydrogen) atoms. The van der Waals surface area contributed by atoms with Crippen LogP contribution in [-0.2, 0) is 4.79 Å². The van der Waals surface area contributed by atoms with Gasteiger partial charge in [0, 0.05) is 0 Å². The van der Waals surface area contributed by atoms with Crippen LogP contribution in [0.3, 0.4) is 0 Å². The number of hydrogen-bond acceptors (Lipinski definition) is 4. The quantitative estimate of drug-likeness (QED) is 0.481. The molecule has 1 N–H and O–H groups in total. The summed E-state index contributed by atoms with van der Waals surface area (Å²) in [5.41, 5.74) is 0.646. The highest BCUT2D eigenvalue weighted by atomic mass is 32.1. The number of amides is 1. The van der Waals surface area contributed by atoms with Crippen LogP contribution in [0.4, 0.5) is 0 Å². The Bertz CT molecular complexity index is 579. The van der Waals surface area contributed by atoms with Gasteiger partial charge in [-0.1, -0.05) is 12.1 Å². The molecule has 1 unspecified atom stereocenters. The van der Waals surface area contributed by atoms with Crippen molar-refractivity contribution in [1.29, 1.82) is 0 Å².